The Morgan fingerprint density at radius 2 is 2.05 bits per heavy atom. The summed E-state index contributed by atoms with van der Waals surface area (Å²) in [5.74, 6) is -1.55. The summed E-state index contributed by atoms with van der Waals surface area (Å²) in [6.45, 7) is 1.76. The molecule has 1 amide bonds. The lowest BCUT2D eigenvalue weighted by molar-refractivity contribution is 0.0698. The van der Waals surface area contributed by atoms with Gasteiger partial charge >= 0.3 is 5.97 Å². The zero-order chi connectivity index (χ0) is 14.7. The van der Waals surface area contributed by atoms with E-state index in [1.54, 1.807) is 31.2 Å². The lowest BCUT2D eigenvalue weighted by Gasteiger charge is -2.09. The van der Waals surface area contributed by atoms with Crippen LogP contribution in [-0.4, -0.2) is 22.0 Å². The van der Waals surface area contributed by atoms with Crippen molar-refractivity contribution in [2.75, 3.05) is 5.32 Å². The predicted molar refractivity (Wildman–Crippen MR) is 78.0 cm³/mol. The van der Waals surface area contributed by atoms with Gasteiger partial charge in [-0.1, -0.05) is 22.0 Å². The van der Waals surface area contributed by atoms with Gasteiger partial charge in [-0.25, -0.2) is 4.79 Å². The first-order valence-electron chi connectivity index (χ1n) is 5.75. The number of aryl methyl sites for hydroxylation is 1. The van der Waals surface area contributed by atoms with Crippen molar-refractivity contribution in [1.29, 1.82) is 0 Å². The van der Waals surface area contributed by atoms with E-state index in [1.807, 2.05) is 0 Å². The number of carboxylic acid groups (broad SMARTS) is 1. The SMILES string of the molecule is Cc1cccnc1C(=O)Nc1cc(Br)ccc1C(=O)O. The van der Waals surface area contributed by atoms with Gasteiger partial charge in [-0.3, -0.25) is 9.78 Å². The Balaban J connectivity index is 2.35. The van der Waals surface area contributed by atoms with E-state index in [2.05, 4.69) is 26.2 Å². The Hall–Kier alpha value is -2.21. The van der Waals surface area contributed by atoms with E-state index in [-0.39, 0.29) is 16.9 Å². The number of nitrogens with one attached hydrogen (secondary N) is 1. The molecule has 0 saturated heterocycles. The van der Waals surface area contributed by atoms with Crippen LogP contribution in [0.5, 0.6) is 0 Å². The minimum absolute atomic E-state index is 0.0233. The molecular weight excluding hydrogens is 324 g/mol. The van der Waals surface area contributed by atoms with Gasteiger partial charge in [-0.15, -0.1) is 0 Å². The fraction of sp³-hybridized carbons (Fsp3) is 0.0714. The van der Waals surface area contributed by atoms with E-state index < -0.39 is 11.9 Å². The van der Waals surface area contributed by atoms with Crippen LogP contribution < -0.4 is 5.32 Å². The largest absolute Gasteiger partial charge is 0.478 e. The van der Waals surface area contributed by atoms with Gasteiger partial charge in [0.05, 0.1) is 11.3 Å². The molecule has 102 valence electrons. The van der Waals surface area contributed by atoms with Crippen LogP contribution in [0.15, 0.2) is 41.0 Å². The molecule has 0 fully saturated rings. The molecule has 1 heterocycles. The first-order chi connectivity index (χ1) is 9.49. The smallest absolute Gasteiger partial charge is 0.337 e. The van der Waals surface area contributed by atoms with E-state index in [9.17, 15) is 9.59 Å². The number of carbonyl (C=O) groups excluding carboxylic acids is 1. The van der Waals surface area contributed by atoms with Crippen molar-refractivity contribution in [3.05, 3.63) is 57.8 Å². The van der Waals surface area contributed by atoms with Gasteiger partial charge in [0.1, 0.15) is 5.69 Å². The minimum Gasteiger partial charge on any atom is -0.478 e. The van der Waals surface area contributed by atoms with Crippen molar-refractivity contribution in [2.45, 2.75) is 6.92 Å². The van der Waals surface area contributed by atoms with E-state index in [0.29, 0.717) is 4.47 Å². The maximum absolute atomic E-state index is 12.1. The number of aromatic carboxylic acids is 1. The second-order valence-corrected chi connectivity index (χ2v) is 5.03. The average Bonchev–Trinajstić information content (AvgIpc) is 2.38. The highest BCUT2D eigenvalue weighted by atomic mass is 79.9. The third-order valence-electron chi connectivity index (χ3n) is 2.68. The predicted octanol–water partition coefficient (Wildman–Crippen LogP) is 3.10. The number of anilines is 1. The molecule has 1 aromatic heterocycles. The van der Waals surface area contributed by atoms with Gasteiger partial charge in [0, 0.05) is 10.7 Å². The third-order valence-corrected chi connectivity index (χ3v) is 3.18. The molecule has 0 aliphatic rings. The zero-order valence-electron chi connectivity index (χ0n) is 10.6. The number of carboxylic acids is 1. The van der Waals surface area contributed by atoms with E-state index in [0.717, 1.165) is 5.56 Å². The van der Waals surface area contributed by atoms with Crippen LogP contribution in [0.2, 0.25) is 0 Å². The highest BCUT2D eigenvalue weighted by Crippen LogP contribution is 2.22. The molecule has 0 saturated carbocycles. The van der Waals surface area contributed by atoms with Crippen molar-refractivity contribution in [2.24, 2.45) is 0 Å². The molecule has 1 aromatic carbocycles. The Labute approximate surface area is 123 Å². The van der Waals surface area contributed by atoms with Crippen molar-refractivity contribution in [3.63, 3.8) is 0 Å². The number of carbonyl (C=O) groups is 2. The minimum atomic E-state index is -1.11. The quantitative estimate of drug-likeness (QED) is 0.903. The molecule has 0 spiro atoms. The highest BCUT2D eigenvalue weighted by Gasteiger charge is 2.15. The van der Waals surface area contributed by atoms with Crippen molar-refractivity contribution < 1.29 is 14.7 Å². The summed E-state index contributed by atoms with van der Waals surface area (Å²) >= 11 is 3.25. The second-order valence-electron chi connectivity index (χ2n) is 4.12. The molecule has 2 rings (SSSR count). The van der Waals surface area contributed by atoms with Crippen LogP contribution in [-0.2, 0) is 0 Å². The molecule has 2 aromatic rings. The van der Waals surface area contributed by atoms with E-state index in [4.69, 9.17) is 5.11 Å². The molecule has 0 bridgehead atoms. The number of pyridine rings is 1. The maximum Gasteiger partial charge on any atom is 0.337 e. The Kier molecular flexibility index (Phi) is 4.14. The fourth-order valence-electron chi connectivity index (χ4n) is 1.71. The zero-order valence-corrected chi connectivity index (χ0v) is 12.1. The standard InChI is InChI=1S/C14H11BrN2O3/c1-8-3-2-6-16-12(8)13(18)17-11-7-9(15)4-5-10(11)14(19)20/h2-7H,1H3,(H,17,18)(H,19,20). The third kappa shape index (κ3) is 3.03. The molecule has 5 nitrogen and oxygen atoms in total. The molecular formula is C14H11BrN2O3. The topological polar surface area (TPSA) is 79.3 Å². The number of nitrogens with zero attached hydrogens (tertiary/aromatic N) is 1. The molecule has 0 aliphatic carbocycles. The molecule has 0 unspecified atom stereocenters. The molecule has 0 aliphatic heterocycles. The monoisotopic (exact) mass is 334 g/mol. The second kappa shape index (κ2) is 5.83. The fourth-order valence-corrected chi connectivity index (χ4v) is 2.07. The first-order valence-corrected chi connectivity index (χ1v) is 6.54. The first kappa shape index (κ1) is 14.2. The van der Waals surface area contributed by atoms with E-state index in [1.165, 1.54) is 12.3 Å². The van der Waals surface area contributed by atoms with Gasteiger partial charge < -0.3 is 10.4 Å². The van der Waals surface area contributed by atoms with Gasteiger partial charge in [-0.2, -0.15) is 0 Å². The van der Waals surface area contributed by atoms with Crippen LogP contribution in [0.1, 0.15) is 26.4 Å². The molecule has 20 heavy (non-hydrogen) atoms. The summed E-state index contributed by atoms with van der Waals surface area (Å²) in [5.41, 5.74) is 1.23. The lowest BCUT2D eigenvalue weighted by Crippen LogP contribution is -2.17. The van der Waals surface area contributed by atoms with Crippen LogP contribution in [0.3, 0.4) is 0 Å². The summed E-state index contributed by atoms with van der Waals surface area (Å²) in [4.78, 5) is 27.3. The van der Waals surface area contributed by atoms with Crippen LogP contribution in [0.25, 0.3) is 0 Å². The van der Waals surface area contributed by atoms with Gasteiger partial charge in [0.2, 0.25) is 0 Å². The Morgan fingerprint density at radius 3 is 2.70 bits per heavy atom. The van der Waals surface area contributed by atoms with Crippen molar-refractivity contribution in [1.82, 2.24) is 4.98 Å². The number of halogens is 1. The maximum atomic E-state index is 12.1. The van der Waals surface area contributed by atoms with Crippen molar-refractivity contribution in [3.8, 4) is 0 Å². The number of amides is 1. The number of benzene rings is 1. The molecule has 0 atom stereocenters. The lowest BCUT2D eigenvalue weighted by atomic mass is 10.1. The summed E-state index contributed by atoms with van der Waals surface area (Å²) in [7, 11) is 0. The van der Waals surface area contributed by atoms with Gasteiger partial charge in [0.15, 0.2) is 0 Å². The molecule has 6 heteroatoms. The van der Waals surface area contributed by atoms with Crippen LogP contribution in [0.4, 0.5) is 5.69 Å². The normalized spacial score (nSPS) is 10.1. The van der Waals surface area contributed by atoms with Gasteiger partial charge in [0.25, 0.3) is 5.91 Å². The van der Waals surface area contributed by atoms with E-state index >= 15 is 0 Å². The Bertz CT molecular complexity index is 686. The highest BCUT2D eigenvalue weighted by molar-refractivity contribution is 9.10. The summed E-state index contributed by atoms with van der Waals surface area (Å²) in [6, 6.07) is 8.06. The Morgan fingerprint density at radius 1 is 1.30 bits per heavy atom. The number of hydrogen-bond acceptors (Lipinski definition) is 3. The molecule has 2 N–H and O–H groups in total. The van der Waals surface area contributed by atoms with Crippen molar-refractivity contribution >= 4 is 33.5 Å². The number of rotatable bonds is 3. The summed E-state index contributed by atoms with van der Waals surface area (Å²) < 4.78 is 0.676. The van der Waals surface area contributed by atoms with Gasteiger partial charge in [-0.05, 0) is 36.8 Å². The average molecular weight is 335 g/mol. The van der Waals surface area contributed by atoms with Crippen LogP contribution in [0, 0.1) is 6.92 Å². The number of aromatic nitrogens is 1. The summed E-state index contributed by atoms with van der Waals surface area (Å²) in [6.07, 6.45) is 1.51. The number of hydrogen-bond donors (Lipinski definition) is 2. The summed E-state index contributed by atoms with van der Waals surface area (Å²) in [5, 5.41) is 11.7. The van der Waals surface area contributed by atoms with Crippen LogP contribution >= 0.6 is 15.9 Å². The molecule has 0 radical (unpaired) electrons.